The van der Waals surface area contributed by atoms with Crippen molar-refractivity contribution in [2.45, 2.75) is 18.9 Å². The number of alkyl carbamates (subject to hydrolysis) is 1. The summed E-state index contributed by atoms with van der Waals surface area (Å²) in [6.07, 6.45) is -1.05. The highest BCUT2D eigenvalue weighted by atomic mass is 16.6. The Balaban J connectivity index is 1.96. The molecule has 2 N–H and O–H groups in total. The van der Waals surface area contributed by atoms with Crippen LogP contribution in [0.2, 0.25) is 0 Å². The topological polar surface area (TPSA) is 145 Å². The summed E-state index contributed by atoms with van der Waals surface area (Å²) in [5.74, 6) is -2.24. The molecular weight excluding hydrogens is 310 g/mol. The first-order chi connectivity index (χ1) is 10.9. The summed E-state index contributed by atoms with van der Waals surface area (Å²) in [6, 6.07) is 3.67. The summed E-state index contributed by atoms with van der Waals surface area (Å²) in [5.41, 5.74) is -0.511. The monoisotopic (exact) mass is 321 g/mol. The number of non-ortho nitro benzene ring substituents is 1. The Kier molecular flexibility index (Phi) is 4.64. The second-order valence-electron chi connectivity index (χ2n) is 4.63. The van der Waals surface area contributed by atoms with Crippen molar-refractivity contribution in [3.05, 3.63) is 39.9 Å². The zero-order chi connectivity index (χ0) is 17.0. The van der Waals surface area contributed by atoms with Gasteiger partial charge in [-0.15, -0.1) is 0 Å². The number of esters is 1. The number of carbonyl (C=O) groups is 4. The van der Waals surface area contributed by atoms with Crippen molar-refractivity contribution in [2.24, 2.45) is 0 Å². The van der Waals surface area contributed by atoms with Crippen molar-refractivity contribution < 1.29 is 28.8 Å². The lowest BCUT2D eigenvalue weighted by Gasteiger charge is -2.21. The molecule has 2 rings (SSSR count). The quantitative estimate of drug-likeness (QED) is 0.267. The third-order valence-electron chi connectivity index (χ3n) is 3.01. The Hall–Kier alpha value is -3.30. The predicted octanol–water partition coefficient (Wildman–Crippen LogP) is 0.266. The van der Waals surface area contributed by atoms with Crippen molar-refractivity contribution in [3.8, 4) is 0 Å². The van der Waals surface area contributed by atoms with E-state index in [1.165, 1.54) is 18.2 Å². The molecule has 1 heterocycles. The Morgan fingerprint density at radius 1 is 1.35 bits per heavy atom. The number of imide groups is 1. The molecule has 1 atom stereocenters. The van der Waals surface area contributed by atoms with E-state index < -0.39 is 34.8 Å². The fourth-order valence-electron chi connectivity index (χ4n) is 1.89. The molecule has 0 aliphatic carbocycles. The highest BCUT2D eigenvalue weighted by Crippen LogP contribution is 2.14. The second kappa shape index (κ2) is 6.64. The smallest absolute Gasteiger partial charge is 0.373 e. The van der Waals surface area contributed by atoms with Crippen molar-refractivity contribution in [1.82, 2.24) is 10.6 Å². The van der Waals surface area contributed by atoms with Crippen LogP contribution in [0.5, 0.6) is 0 Å². The first kappa shape index (κ1) is 16.1. The largest absolute Gasteiger partial charge is 0.415 e. The Labute approximate surface area is 128 Å². The number of nitrogens with zero attached hydrogens (tertiary/aromatic N) is 1. The Bertz CT molecular complexity index is 701. The van der Waals surface area contributed by atoms with Crippen LogP contribution in [0.4, 0.5) is 10.5 Å². The van der Waals surface area contributed by atoms with Gasteiger partial charge in [0, 0.05) is 18.6 Å². The van der Waals surface area contributed by atoms with Crippen LogP contribution >= 0.6 is 0 Å². The number of nitro benzene ring substituents is 1. The minimum atomic E-state index is -1.18. The van der Waals surface area contributed by atoms with Gasteiger partial charge in [0.1, 0.15) is 6.04 Å². The number of hydrogen-bond donors (Lipinski definition) is 2. The maximum Gasteiger partial charge on any atom is 0.415 e. The van der Waals surface area contributed by atoms with Gasteiger partial charge in [-0.2, -0.15) is 0 Å². The highest BCUT2D eigenvalue weighted by molar-refractivity contribution is 6.02. The summed E-state index contributed by atoms with van der Waals surface area (Å²) in [6.45, 7) is 0. The summed E-state index contributed by atoms with van der Waals surface area (Å²) >= 11 is 0. The standard InChI is InChI=1S/C13H11N3O7/c17-10-5-4-9(11(18)15-10)14-13(20)23-12(19)7-2-1-3-8(6-7)16(21)22/h1-3,6,9H,4-5H2,(H,14,20)(H,15,17,18). The van der Waals surface area contributed by atoms with Crippen molar-refractivity contribution in [3.63, 3.8) is 0 Å². The van der Waals surface area contributed by atoms with E-state index in [1.54, 1.807) is 0 Å². The number of amides is 3. The molecule has 10 nitrogen and oxygen atoms in total. The molecule has 10 heteroatoms. The number of piperidine rings is 1. The van der Waals surface area contributed by atoms with Gasteiger partial charge in [-0.25, -0.2) is 9.59 Å². The average Bonchev–Trinajstić information content (AvgIpc) is 2.50. The number of carbonyl (C=O) groups excluding carboxylic acids is 4. The zero-order valence-electron chi connectivity index (χ0n) is 11.6. The molecule has 1 aliphatic rings. The van der Waals surface area contributed by atoms with Crippen LogP contribution in [0.1, 0.15) is 23.2 Å². The molecule has 1 unspecified atom stereocenters. The van der Waals surface area contributed by atoms with E-state index in [1.807, 2.05) is 5.32 Å². The molecule has 120 valence electrons. The maximum absolute atomic E-state index is 11.7. The minimum Gasteiger partial charge on any atom is -0.373 e. The number of rotatable bonds is 3. The molecule has 23 heavy (non-hydrogen) atoms. The lowest BCUT2D eigenvalue weighted by atomic mass is 10.1. The third-order valence-corrected chi connectivity index (χ3v) is 3.01. The van der Waals surface area contributed by atoms with Gasteiger partial charge in [0.25, 0.3) is 5.69 Å². The molecule has 1 aromatic rings. The van der Waals surface area contributed by atoms with E-state index in [2.05, 4.69) is 10.1 Å². The first-order valence-corrected chi connectivity index (χ1v) is 6.47. The molecule has 1 saturated heterocycles. The fourth-order valence-corrected chi connectivity index (χ4v) is 1.89. The molecule has 0 spiro atoms. The minimum absolute atomic E-state index is 0.0511. The lowest BCUT2D eigenvalue weighted by molar-refractivity contribution is -0.384. The molecule has 0 radical (unpaired) electrons. The molecular formula is C13H11N3O7. The summed E-state index contributed by atoms with van der Waals surface area (Å²) in [7, 11) is 0. The van der Waals surface area contributed by atoms with E-state index in [9.17, 15) is 29.3 Å². The number of hydrogen-bond acceptors (Lipinski definition) is 7. The molecule has 0 bridgehead atoms. The highest BCUT2D eigenvalue weighted by Gasteiger charge is 2.29. The summed E-state index contributed by atoms with van der Waals surface area (Å²) in [4.78, 5) is 55.7. The molecule has 1 aliphatic heterocycles. The molecule has 0 saturated carbocycles. The van der Waals surface area contributed by atoms with E-state index in [0.717, 1.165) is 6.07 Å². The van der Waals surface area contributed by atoms with Crippen LogP contribution in [-0.2, 0) is 14.3 Å². The number of nitrogens with one attached hydrogen (secondary N) is 2. The fraction of sp³-hybridized carbons (Fsp3) is 0.231. The van der Waals surface area contributed by atoms with Crippen LogP contribution in [0.15, 0.2) is 24.3 Å². The number of ether oxygens (including phenoxy) is 1. The van der Waals surface area contributed by atoms with Crippen LogP contribution in [0.3, 0.4) is 0 Å². The van der Waals surface area contributed by atoms with E-state index in [-0.39, 0.29) is 24.1 Å². The normalized spacial score (nSPS) is 17.1. The molecule has 3 amide bonds. The summed E-state index contributed by atoms with van der Waals surface area (Å²) < 4.78 is 4.47. The van der Waals surface area contributed by atoms with Gasteiger partial charge in [-0.3, -0.25) is 25.0 Å². The van der Waals surface area contributed by atoms with Crippen LogP contribution in [0, 0.1) is 10.1 Å². The predicted molar refractivity (Wildman–Crippen MR) is 73.2 cm³/mol. The van der Waals surface area contributed by atoms with E-state index in [0.29, 0.717) is 0 Å². The Morgan fingerprint density at radius 2 is 2.09 bits per heavy atom. The van der Waals surface area contributed by atoms with Gasteiger partial charge < -0.3 is 10.1 Å². The maximum atomic E-state index is 11.7. The van der Waals surface area contributed by atoms with Crippen molar-refractivity contribution in [1.29, 1.82) is 0 Å². The van der Waals surface area contributed by atoms with Gasteiger partial charge in [-0.05, 0) is 12.5 Å². The SMILES string of the molecule is O=C1CCC(NC(=O)OC(=O)c2cccc([N+](=O)[O-])c2)C(=O)N1. The first-order valence-electron chi connectivity index (χ1n) is 6.47. The van der Waals surface area contributed by atoms with Crippen LogP contribution < -0.4 is 10.6 Å². The average molecular weight is 321 g/mol. The Morgan fingerprint density at radius 3 is 2.74 bits per heavy atom. The van der Waals surface area contributed by atoms with Gasteiger partial charge in [0.05, 0.1) is 10.5 Å². The zero-order valence-corrected chi connectivity index (χ0v) is 11.6. The van der Waals surface area contributed by atoms with Gasteiger partial charge in [0.15, 0.2) is 0 Å². The molecule has 0 aromatic heterocycles. The van der Waals surface area contributed by atoms with Crippen molar-refractivity contribution in [2.75, 3.05) is 0 Å². The van der Waals surface area contributed by atoms with Crippen LogP contribution in [0.25, 0.3) is 0 Å². The van der Waals surface area contributed by atoms with Gasteiger partial charge in [0.2, 0.25) is 11.8 Å². The third kappa shape index (κ3) is 4.09. The van der Waals surface area contributed by atoms with E-state index in [4.69, 9.17) is 0 Å². The van der Waals surface area contributed by atoms with Gasteiger partial charge in [-0.1, -0.05) is 6.07 Å². The van der Waals surface area contributed by atoms with Crippen LogP contribution in [-0.4, -0.2) is 34.8 Å². The lowest BCUT2D eigenvalue weighted by Crippen LogP contribution is -2.52. The second-order valence-corrected chi connectivity index (χ2v) is 4.63. The van der Waals surface area contributed by atoms with E-state index >= 15 is 0 Å². The van der Waals surface area contributed by atoms with Crippen molar-refractivity contribution >= 4 is 29.6 Å². The van der Waals surface area contributed by atoms with Gasteiger partial charge >= 0.3 is 12.1 Å². The summed E-state index contributed by atoms with van der Waals surface area (Å²) in [5, 5.41) is 14.8. The molecule has 1 aromatic carbocycles. The number of benzene rings is 1. The molecule has 1 fully saturated rings. The number of nitro groups is 1.